The Balaban J connectivity index is 2.15. The van der Waals surface area contributed by atoms with Crippen molar-refractivity contribution in [1.82, 2.24) is 10.2 Å². The highest BCUT2D eigenvalue weighted by Crippen LogP contribution is 2.25. The predicted octanol–water partition coefficient (Wildman–Crippen LogP) is 1.50. The molecule has 21 heavy (non-hydrogen) atoms. The molecule has 2 rings (SSSR count). The first-order chi connectivity index (χ1) is 10.1. The molecule has 1 aromatic carbocycles. The number of ether oxygens (including phenoxy) is 1. The Labute approximate surface area is 134 Å². The summed E-state index contributed by atoms with van der Waals surface area (Å²) in [6.45, 7) is 2.94. The van der Waals surface area contributed by atoms with E-state index in [-0.39, 0.29) is 12.5 Å². The Morgan fingerprint density at radius 3 is 2.81 bits per heavy atom. The smallest absolute Gasteiger partial charge is 0.231 e. The van der Waals surface area contributed by atoms with E-state index >= 15 is 0 Å². The summed E-state index contributed by atoms with van der Waals surface area (Å²) in [6.07, 6.45) is 2.07. The summed E-state index contributed by atoms with van der Waals surface area (Å²) in [5.74, 6) is 0.532. The molecule has 0 bridgehead atoms. The maximum Gasteiger partial charge on any atom is 0.231 e. The van der Waals surface area contributed by atoms with Gasteiger partial charge < -0.3 is 15.8 Å². The SMILES string of the molecule is COc1ccc(Br)c(CN(CC(N)=O)C2CCNCC2)c1. The number of piperidine rings is 1. The fourth-order valence-corrected chi connectivity index (χ4v) is 3.08. The minimum atomic E-state index is -0.285. The van der Waals surface area contributed by atoms with Crippen LogP contribution in [0.2, 0.25) is 0 Å². The number of halogens is 1. The van der Waals surface area contributed by atoms with Gasteiger partial charge in [-0.1, -0.05) is 15.9 Å². The van der Waals surface area contributed by atoms with Gasteiger partial charge >= 0.3 is 0 Å². The summed E-state index contributed by atoms with van der Waals surface area (Å²) in [4.78, 5) is 13.5. The molecule has 1 amide bonds. The zero-order chi connectivity index (χ0) is 15.2. The van der Waals surface area contributed by atoms with E-state index in [1.54, 1.807) is 7.11 Å². The van der Waals surface area contributed by atoms with Crippen molar-refractivity contribution in [2.24, 2.45) is 5.73 Å². The molecule has 3 N–H and O–H groups in total. The van der Waals surface area contributed by atoms with Crippen LogP contribution in [0.15, 0.2) is 22.7 Å². The second-order valence-corrected chi connectivity index (χ2v) is 6.16. The van der Waals surface area contributed by atoms with Crippen molar-refractivity contribution >= 4 is 21.8 Å². The fourth-order valence-electron chi connectivity index (χ4n) is 2.70. The standard InChI is InChI=1S/C15H22BrN3O2/c1-21-13-2-3-14(16)11(8-13)9-19(10-15(17)20)12-4-6-18-7-5-12/h2-3,8,12,18H,4-7,9-10H2,1H3,(H2,17,20). The molecular weight excluding hydrogens is 334 g/mol. The quantitative estimate of drug-likeness (QED) is 0.811. The molecule has 0 radical (unpaired) electrons. The summed E-state index contributed by atoms with van der Waals surface area (Å²) >= 11 is 3.57. The first-order valence-corrected chi connectivity index (χ1v) is 7.95. The number of amides is 1. The van der Waals surface area contributed by atoms with Crippen LogP contribution in [0.1, 0.15) is 18.4 Å². The fraction of sp³-hybridized carbons (Fsp3) is 0.533. The van der Waals surface area contributed by atoms with Crippen LogP contribution in [0.5, 0.6) is 5.75 Å². The molecule has 1 aromatic rings. The average molecular weight is 356 g/mol. The van der Waals surface area contributed by atoms with Crippen molar-refractivity contribution in [3.63, 3.8) is 0 Å². The zero-order valence-electron chi connectivity index (χ0n) is 12.3. The van der Waals surface area contributed by atoms with E-state index in [9.17, 15) is 4.79 Å². The van der Waals surface area contributed by atoms with Crippen LogP contribution in [0.25, 0.3) is 0 Å². The minimum Gasteiger partial charge on any atom is -0.497 e. The van der Waals surface area contributed by atoms with Gasteiger partial charge in [-0.25, -0.2) is 0 Å². The second-order valence-electron chi connectivity index (χ2n) is 5.31. The van der Waals surface area contributed by atoms with Crippen LogP contribution in [-0.2, 0) is 11.3 Å². The third kappa shape index (κ3) is 4.69. The highest BCUT2D eigenvalue weighted by atomic mass is 79.9. The van der Waals surface area contributed by atoms with Gasteiger partial charge in [0.1, 0.15) is 5.75 Å². The highest BCUT2D eigenvalue weighted by molar-refractivity contribution is 9.10. The second kappa shape index (κ2) is 7.77. The van der Waals surface area contributed by atoms with Crippen LogP contribution >= 0.6 is 15.9 Å². The average Bonchev–Trinajstić information content (AvgIpc) is 2.49. The van der Waals surface area contributed by atoms with Gasteiger partial charge in [-0.05, 0) is 49.7 Å². The molecule has 0 atom stereocenters. The molecule has 1 saturated heterocycles. The molecule has 5 nitrogen and oxygen atoms in total. The van der Waals surface area contributed by atoms with Crippen molar-refractivity contribution in [3.8, 4) is 5.75 Å². The van der Waals surface area contributed by atoms with Crippen molar-refractivity contribution in [2.75, 3.05) is 26.7 Å². The molecule has 1 heterocycles. The lowest BCUT2D eigenvalue weighted by atomic mass is 10.0. The van der Waals surface area contributed by atoms with Crippen molar-refractivity contribution in [3.05, 3.63) is 28.2 Å². The number of nitrogens with two attached hydrogens (primary N) is 1. The first-order valence-electron chi connectivity index (χ1n) is 7.15. The molecule has 0 spiro atoms. The number of carbonyl (C=O) groups excluding carboxylic acids is 1. The molecule has 1 aliphatic rings. The summed E-state index contributed by atoms with van der Waals surface area (Å²) in [7, 11) is 1.65. The maximum atomic E-state index is 11.4. The van der Waals surface area contributed by atoms with E-state index in [1.165, 1.54) is 0 Å². The number of methoxy groups -OCH3 is 1. The molecule has 6 heteroatoms. The van der Waals surface area contributed by atoms with Crippen LogP contribution < -0.4 is 15.8 Å². The number of hydrogen-bond donors (Lipinski definition) is 2. The topological polar surface area (TPSA) is 67.6 Å². The van der Waals surface area contributed by atoms with Gasteiger partial charge in [0.2, 0.25) is 5.91 Å². The molecule has 0 saturated carbocycles. The molecule has 116 valence electrons. The molecule has 1 fully saturated rings. The van der Waals surface area contributed by atoms with E-state index < -0.39 is 0 Å². The predicted molar refractivity (Wildman–Crippen MR) is 86.2 cm³/mol. The normalized spacial score (nSPS) is 16.1. The number of benzene rings is 1. The Morgan fingerprint density at radius 2 is 2.19 bits per heavy atom. The third-order valence-corrected chi connectivity index (χ3v) is 4.58. The minimum absolute atomic E-state index is 0.285. The zero-order valence-corrected chi connectivity index (χ0v) is 13.9. The summed E-state index contributed by atoms with van der Waals surface area (Å²) in [6, 6.07) is 6.27. The number of nitrogens with zero attached hydrogens (tertiary/aromatic N) is 1. The molecular formula is C15H22BrN3O2. The Hall–Kier alpha value is -1.11. The summed E-state index contributed by atoms with van der Waals surface area (Å²) < 4.78 is 6.30. The lowest BCUT2D eigenvalue weighted by Gasteiger charge is -2.34. The van der Waals surface area contributed by atoms with Gasteiger partial charge in [0.15, 0.2) is 0 Å². The van der Waals surface area contributed by atoms with Gasteiger partial charge in [0.05, 0.1) is 13.7 Å². The van der Waals surface area contributed by atoms with Crippen LogP contribution in [0, 0.1) is 0 Å². The van der Waals surface area contributed by atoms with Crippen molar-refractivity contribution < 1.29 is 9.53 Å². The number of hydrogen-bond acceptors (Lipinski definition) is 4. The maximum absolute atomic E-state index is 11.4. The van der Waals surface area contributed by atoms with Gasteiger partial charge in [0, 0.05) is 17.1 Å². The van der Waals surface area contributed by atoms with E-state index in [4.69, 9.17) is 10.5 Å². The monoisotopic (exact) mass is 355 g/mol. The van der Waals surface area contributed by atoms with E-state index in [0.29, 0.717) is 12.6 Å². The van der Waals surface area contributed by atoms with Crippen LogP contribution in [0.4, 0.5) is 0 Å². The molecule has 0 aromatic heterocycles. The van der Waals surface area contributed by atoms with Gasteiger partial charge in [-0.2, -0.15) is 0 Å². The van der Waals surface area contributed by atoms with Crippen molar-refractivity contribution in [2.45, 2.75) is 25.4 Å². The molecule has 1 aliphatic heterocycles. The number of primary amides is 1. The van der Waals surface area contributed by atoms with Crippen LogP contribution in [0.3, 0.4) is 0 Å². The number of nitrogens with one attached hydrogen (secondary N) is 1. The van der Waals surface area contributed by atoms with Gasteiger partial charge in [0.25, 0.3) is 0 Å². The highest BCUT2D eigenvalue weighted by Gasteiger charge is 2.23. The Kier molecular flexibility index (Phi) is 6.02. The largest absolute Gasteiger partial charge is 0.497 e. The van der Waals surface area contributed by atoms with E-state index in [0.717, 1.165) is 41.7 Å². The van der Waals surface area contributed by atoms with Crippen molar-refractivity contribution in [1.29, 1.82) is 0 Å². The summed E-state index contributed by atoms with van der Waals surface area (Å²) in [5, 5.41) is 3.34. The third-order valence-electron chi connectivity index (χ3n) is 3.81. The van der Waals surface area contributed by atoms with E-state index in [2.05, 4.69) is 26.1 Å². The van der Waals surface area contributed by atoms with Gasteiger partial charge in [-0.3, -0.25) is 9.69 Å². The Bertz CT molecular complexity index is 490. The lowest BCUT2D eigenvalue weighted by molar-refractivity contribution is -0.120. The molecule has 0 aliphatic carbocycles. The Morgan fingerprint density at radius 1 is 1.48 bits per heavy atom. The molecule has 0 unspecified atom stereocenters. The number of rotatable bonds is 6. The lowest BCUT2D eigenvalue weighted by Crippen LogP contribution is -2.46. The first kappa shape index (κ1) is 16.3. The number of carbonyl (C=O) groups is 1. The van der Waals surface area contributed by atoms with E-state index in [1.807, 2.05) is 18.2 Å². The van der Waals surface area contributed by atoms with Crippen LogP contribution in [-0.4, -0.2) is 43.6 Å². The van der Waals surface area contributed by atoms with Gasteiger partial charge in [-0.15, -0.1) is 0 Å². The summed E-state index contributed by atoms with van der Waals surface area (Å²) in [5.41, 5.74) is 6.52.